The molecular formula is C6H8N2S. The zero-order chi connectivity index (χ0) is 6.43. The van der Waals surface area contributed by atoms with Crippen LogP contribution in [-0.2, 0) is 5.88 Å². The fourth-order valence-electron chi connectivity index (χ4n) is 1.00. The monoisotopic (exact) mass is 140 g/mol. The minimum Gasteiger partial charge on any atom is -0.316 e. The fraction of sp³-hybridized carbons (Fsp3) is 0.333. The van der Waals surface area contributed by atoms with Crippen LogP contribution in [0.5, 0.6) is 0 Å². The Kier molecular flexibility index (Phi) is 0.858. The zero-order valence-corrected chi connectivity index (χ0v) is 6.11. The standard InChI is InChI=1S/C6H8N2S/c1-5-3-8-4-9(2)6(8)7-5/h3H,2,4H2,1H3. The number of imidazole rings is 1. The summed E-state index contributed by atoms with van der Waals surface area (Å²) < 4.78 is 2.16. The van der Waals surface area contributed by atoms with Gasteiger partial charge in [-0.3, -0.25) is 0 Å². The van der Waals surface area contributed by atoms with Crippen molar-refractivity contribution < 1.29 is 0 Å². The van der Waals surface area contributed by atoms with E-state index >= 15 is 0 Å². The molecule has 1 aromatic rings. The van der Waals surface area contributed by atoms with Crippen LogP contribution in [0.15, 0.2) is 11.4 Å². The molecule has 0 aliphatic carbocycles. The summed E-state index contributed by atoms with van der Waals surface area (Å²) in [7, 11) is 0.206. The van der Waals surface area contributed by atoms with E-state index in [0.717, 1.165) is 11.6 Å². The second-order valence-electron chi connectivity index (χ2n) is 2.26. The SMILES string of the molecule is C=S1Cn2cc(C)nc21. The van der Waals surface area contributed by atoms with E-state index in [9.17, 15) is 0 Å². The molecule has 1 aromatic heterocycles. The van der Waals surface area contributed by atoms with E-state index in [2.05, 4.69) is 21.6 Å². The largest absolute Gasteiger partial charge is 0.316 e. The van der Waals surface area contributed by atoms with Gasteiger partial charge in [0.25, 0.3) is 0 Å². The lowest BCUT2D eigenvalue weighted by Crippen LogP contribution is -2.07. The highest BCUT2D eigenvalue weighted by atomic mass is 32.2. The Morgan fingerprint density at radius 2 is 2.67 bits per heavy atom. The first-order chi connectivity index (χ1) is 4.27. The molecule has 1 atom stereocenters. The van der Waals surface area contributed by atoms with Crippen molar-refractivity contribution in [2.24, 2.45) is 0 Å². The molecule has 1 unspecified atom stereocenters. The van der Waals surface area contributed by atoms with Gasteiger partial charge < -0.3 is 4.57 Å². The Hall–Kier alpha value is -0.570. The minimum absolute atomic E-state index is 0.206. The van der Waals surface area contributed by atoms with Crippen molar-refractivity contribution in [1.82, 2.24) is 9.55 Å². The maximum atomic E-state index is 4.29. The Labute approximate surface area is 56.5 Å². The van der Waals surface area contributed by atoms with Crippen LogP contribution in [0.3, 0.4) is 0 Å². The average molecular weight is 140 g/mol. The van der Waals surface area contributed by atoms with Crippen molar-refractivity contribution in [2.75, 3.05) is 0 Å². The second-order valence-corrected chi connectivity index (χ2v) is 3.87. The molecule has 48 valence electrons. The molecule has 2 rings (SSSR count). The third-order valence-corrected chi connectivity index (χ3v) is 2.85. The van der Waals surface area contributed by atoms with Crippen LogP contribution in [0.4, 0.5) is 0 Å². The van der Waals surface area contributed by atoms with Gasteiger partial charge >= 0.3 is 0 Å². The Morgan fingerprint density at radius 3 is 3.11 bits per heavy atom. The maximum Gasteiger partial charge on any atom is 0.164 e. The number of hydrogen-bond donors (Lipinski definition) is 0. The fourth-order valence-corrected chi connectivity index (χ4v) is 2.16. The van der Waals surface area contributed by atoms with E-state index in [0.29, 0.717) is 0 Å². The summed E-state index contributed by atoms with van der Waals surface area (Å²) in [6.45, 7) is 2.02. The van der Waals surface area contributed by atoms with Gasteiger partial charge in [0.1, 0.15) is 0 Å². The number of rotatable bonds is 0. The summed E-state index contributed by atoms with van der Waals surface area (Å²) in [6.07, 6.45) is 2.07. The maximum absolute atomic E-state index is 4.29. The molecule has 2 nitrogen and oxygen atoms in total. The lowest BCUT2D eigenvalue weighted by molar-refractivity contribution is 0.719. The summed E-state index contributed by atoms with van der Waals surface area (Å²) in [4.78, 5) is 4.29. The summed E-state index contributed by atoms with van der Waals surface area (Å²) >= 11 is 0. The van der Waals surface area contributed by atoms with Crippen LogP contribution in [0.25, 0.3) is 0 Å². The van der Waals surface area contributed by atoms with Gasteiger partial charge in [-0.2, -0.15) is 0 Å². The van der Waals surface area contributed by atoms with Crippen molar-refractivity contribution in [2.45, 2.75) is 18.0 Å². The van der Waals surface area contributed by atoms with Crippen LogP contribution in [0, 0.1) is 6.92 Å². The molecule has 0 amide bonds. The van der Waals surface area contributed by atoms with E-state index in [1.165, 1.54) is 5.16 Å². The number of fused-ring (bicyclic) bond motifs is 1. The molecule has 0 aromatic carbocycles. The minimum atomic E-state index is 0.206. The topological polar surface area (TPSA) is 17.8 Å². The molecule has 0 N–H and O–H groups in total. The molecule has 1 aliphatic rings. The molecular weight excluding hydrogens is 132 g/mol. The van der Waals surface area contributed by atoms with Gasteiger partial charge in [-0.1, -0.05) is 5.87 Å². The van der Waals surface area contributed by atoms with Crippen molar-refractivity contribution in [3.8, 4) is 0 Å². The predicted molar refractivity (Wildman–Crippen MR) is 39.9 cm³/mol. The van der Waals surface area contributed by atoms with Crippen LogP contribution in [0.1, 0.15) is 5.69 Å². The lowest BCUT2D eigenvalue weighted by atomic mass is 10.6. The van der Waals surface area contributed by atoms with Gasteiger partial charge in [0.15, 0.2) is 5.16 Å². The summed E-state index contributed by atoms with van der Waals surface area (Å²) in [5, 5.41) is 1.17. The average Bonchev–Trinajstić information content (AvgIpc) is 2.08. The molecule has 0 bridgehead atoms. The van der Waals surface area contributed by atoms with Gasteiger partial charge in [0, 0.05) is 6.20 Å². The van der Waals surface area contributed by atoms with Crippen LogP contribution in [0.2, 0.25) is 0 Å². The van der Waals surface area contributed by atoms with E-state index in [-0.39, 0.29) is 10.5 Å². The molecule has 0 saturated carbocycles. The summed E-state index contributed by atoms with van der Waals surface area (Å²) in [5.74, 6) is 5.02. The first kappa shape index (κ1) is 5.23. The smallest absolute Gasteiger partial charge is 0.164 e. The number of nitrogens with zero attached hydrogens (tertiary/aromatic N) is 2. The third kappa shape index (κ3) is 0.580. The molecule has 1 aliphatic heterocycles. The molecule has 0 spiro atoms. The van der Waals surface area contributed by atoms with Gasteiger partial charge in [0.2, 0.25) is 0 Å². The van der Waals surface area contributed by atoms with E-state index in [1.54, 1.807) is 0 Å². The highest BCUT2D eigenvalue weighted by molar-refractivity contribution is 8.14. The highest BCUT2D eigenvalue weighted by Gasteiger charge is 2.16. The normalized spacial score (nSPS) is 23.0. The van der Waals surface area contributed by atoms with Crippen LogP contribution < -0.4 is 0 Å². The Bertz CT molecular complexity index is 275. The molecule has 0 saturated heterocycles. The predicted octanol–water partition coefficient (Wildman–Crippen LogP) is 1.22. The van der Waals surface area contributed by atoms with Crippen molar-refractivity contribution in [1.29, 1.82) is 0 Å². The van der Waals surface area contributed by atoms with Gasteiger partial charge in [-0.05, 0) is 6.92 Å². The molecule has 0 fully saturated rings. The molecule has 9 heavy (non-hydrogen) atoms. The third-order valence-electron chi connectivity index (χ3n) is 1.41. The Balaban J connectivity index is 2.63. The second kappa shape index (κ2) is 1.48. The van der Waals surface area contributed by atoms with E-state index < -0.39 is 0 Å². The van der Waals surface area contributed by atoms with Crippen molar-refractivity contribution in [3.63, 3.8) is 0 Å². The van der Waals surface area contributed by atoms with Crippen LogP contribution in [-0.4, -0.2) is 15.4 Å². The van der Waals surface area contributed by atoms with Gasteiger partial charge in [-0.25, -0.2) is 4.98 Å². The van der Waals surface area contributed by atoms with Gasteiger partial charge in [0.05, 0.1) is 11.6 Å². The number of hydrogen-bond acceptors (Lipinski definition) is 1. The van der Waals surface area contributed by atoms with Crippen LogP contribution >= 0.6 is 10.5 Å². The van der Waals surface area contributed by atoms with E-state index in [4.69, 9.17) is 0 Å². The quantitative estimate of drug-likeness (QED) is 0.495. The summed E-state index contributed by atoms with van der Waals surface area (Å²) in [6, 6.07) is 0. The number of aryl methyl sites for hydroxylation is 1. The molecule has 2 heterocycles. The first-order valence-electron chi connectivity index (χ1n) is 2.82. The van der Waals surface area contributed by atoms with Crippen molar-refractivity contribution >= 4 is 16.4 Å². The van der Waals surface area contributed by atoms with Crippen molar-refractivity contribution in [3.05, 3.63) is 11.9 Å². The zero-order valence-electron chi connectivity index (χ0n) is 5.29. The Morgan fingerprint density at radius 1 is 1.89 bits per heavy atom. The highest BCUT2D eigenvalue weighted by Crippen LogP contribution is 2.35. The molecule has 3 heteroatoms. The number of aromatic nitrogens is 2. The first-order valence-corrected chi connectivity index (χ1v) is 4.38. The molecule has 0 radical (unpaired) electrons. The summed E-state index contributed by atoms with van der Waals surface area (Å²) in [5.41, 5.74) is 1.11. The van der Waals surface area contributed by atoms with Gasteiger partial charge in [-0.15, -0.1) is 10.5 Å². The van der Waals surface area contributed by atoms with E-state index in [1.807, 2.05) is 6.92 Å². The lowest BCUT2D eigenvalue weighted by Gasteiger charge is -2.19.